The van der Waals surface area contributed by atoms with Crippen molar-refractivity contribution in [2.45, 2.75) is 12.5 Å². The normalized spacial score (nSPS) is 20.9. The van der Waals surface area contributed by atoms with E-state index in [2.05, 4.69) is 5.32 Å². The molecule has 1 fully saturated rings. The fraction of sp³-hybridized carbons (Fsp3) is 0.545. The van der Waals surface area contributed by atoms with Crippen LogP contribution in [0.3, 0.4) is 0 Å². The number of morpholine rings is 1. The molecule has 88 valence electrons. The summed E-state index contributed by atoms with van der Waals surface area (Å²) in [6.07, 6.45) is 2.48. The van der Waals surface area contributed by atoms with Crippen LogP contribution in [0.2, 0.25) is 0 Å². The van der Waals surface area contributed by atoms with E-state index in [9.17, 15) is 4.79 Å². The zero-order valence-corrected chi connectivity index (χ0v) is 9.27. The highest BCUT2D eigenvalue weighted by Crippen LogP contribution is 2.14. The van der Waals surface area contributed by atoms with Gasteiger partial charge in [0.15, 0.2) is 0 Å². The number of rotatable bonds is 3. The highest BCUT2D eigenvalue weighted by Gasteiger charge is 2.20. The molecule has 0 aromatic carbocycles. The molecule has 0 spiro atoms. The number of nitrogens with zero attached hydrogens (tertiary/aromatic N) is 1. The lowest BCUT2D eigenvalue weighted by molar-refractivity contribution is 0.0280. The summed E-state index contributed by atoms with van der Waals surface area (Å²) in [5.74, 6) is -0.876. The van der Waals surface area contributed by atoms with Crippen LogP contribution < -0.4 is 5.32 Å². The van der Waals surface area contributed by atoms with E-state index in [0.29, 0.717) is 18.6 Å². The maximum absolute atomic E-state index is 11.0. The lowest BCUT2D eigenvalue weighted by Crippen LogP contribution is -2.40. The molecule has 2 rings (SSSR count). The van der Waals surface area contributed by atoms with Gasteiger partial charge in [0.2, 0.25) is 0 Å². The van der Waals surface area contributed by atoms with Crippen molar-refractivity contribution in [2.24, 2.45) is 7.05 Å². The summed E-state index contributed by atoms with van der Waals surface area (Å²) < 4.78 is 7.42. The van der Waals surface area contributed by atoms with Gasteiger partial charge < -0.3 is 19.7 Å². The SMILES string of the molecule is Cn1ccc(C(=O)O)c1CC1CNCCO1. The van der Waals surface area contributed by atoms with Gasteiger partial charge in [-0.1, -0.05) is 0 Å². The summed E-state index contributed by atoms with van der Waals surface area (Å²) in [6.45, 7) is 2.34. The Morgan fingerprint density at radius 3 is 3.19 bits per heavy atom. The quantitative estimate of drug-likeness (QED) is 0.772. The van der Waals surface area contributed by atoms with Crippen molar-refractivity contribution in [3.05, 3.63) is 23.5 Å². The summed E-state index contributed by atoms with van der Waals surface area (Å²) in [5.41, 5.74) is 1.19. The minimum atomic E-state index is -0.876. The molecule has 1 saturated heterocycles. The molecule has 16 heavy (non-hydrogen) atoms. The molecule has 0 bridgehead atoms. The Morgan fingerprint density at radius 1 is 1.75 bits per heavy atom. The standard InChI is InChI=1S/C11H16N2O3/c1-13-4-2-9(11(14)15)10(13)6-8-7-12-3-5-16-8/h2,4,8,12H,3,5-7H2,1H3,(H,14,15). The molecule has 1 aliphatic heterocycles. The number of nitrogens with one attached hydrogen (secondary N) is 1. The number of carboxylic acids is 1. The van der Waals surface area contributed by atoms with Crippen LogP contribution in [0.15, 0.2) is 12.3 Å². The molecular formula is C11H16N2O3. The van der Waals surface area contributed by atoms with Crippen LogP contribution in [0.4, 0.5) is 0 Å². The Bertz CT molecular complexity index is 381. The molecule has 0 amide bonds. The number of aromatic carboxylic acids is 1. The second-order valence-corrected chi connectivity index (χ2v) is 3.99. The van der Waals surface area contributed by atoms with Crippen LogP contribution >= 0.6 is 0 Å². The fourth-order valence-corrected chi connectivity index (χ4v) is 1.98. The zero-order chi connectivity index (χ0) is 11.5. The molecule has 1 atom stereocenters. The number of ether oxygens (including phenoxy) is 1. The third kappa shape index (κ3) is 2.25. The topological polar surface area (TPSA) is 63.5 Å². The number of aryl methyl sites for hydroxylation is 1. The zero-order valence-electron chi connectivity index (χ0n) is 9.27. The summed E-state index contributed by atoms with van der Waals surface area (Å²) in [6, 6.07) is 1.63. The molecule has 2 N–H and O–H groups in total. The van der Waals surface area contributed by atoms with Crippen molar-refractivity contribution >= 4 is 5.97 Å². The molecule has 5 heteroatoms. The van der Waals surface area contributed by atoms with Gasteiger partial charge in [-0.2, -0.15) is 0 Å². The molecule has 1 aromatic rings. The second-order valence-electron chi connectivity index (χ2n) is 3.99. The third-order valence-corrected chi connectivity index (χ3v) is 2.86. The lowest BCUT2D eigenvalue weighted by atomic mass is 10.1. The first-order valence-electron chi connectivity index (χ1n) is 5.38. The first-order valence-corrected chi connectivity index (χ1v) is 5.38. The van der Waals surface area contributed by atoms with Gasteiger partial charge in [0.05, 0.1) is 18.3 Å². The van der Waals surface area contributed by atoms with E-state index in [0.717, 1.165) is 18.8 Å². The van der Waals surface area contributed by atoms with E-state index in [4.69, 9.17) is 9.84 Å². The molecule has 1 aliphatic rings. The van der Waals surface area contributed by atoms with Crippen LogP contribution in [0.25, 0.3) is 0 Å². The van der Waals surface area contributed by atoms with Gasteiger partial charge in [-0.15, -0.1) is 0 Å². The summed E-state index contributed by atoms with van der Waals surface area (Å²) in [4.78, 5) is 11.0. The summed E-state index contributed by atoms with van der Waals surface area (Å²) in [7, 11) is 1.86. The molecule has 5 nitrogen and oxygen atoms in total. The van der Waals surface area contributed by atoms with Gasteiger partial charge in [-0.05, 0) is 6.07 Å². The molecule has 0 radical (unpaired) electrons. The first-order chi connectivity index (χ1) is 7.68. The van der Waals surface area contributed by atoms with Crippen molar-refractivity contribution < 1.29 is 14.6 Å². The molecule has 1 unspecified atom stereocenters. The Kier molecular flexibility index (Phi) is 3.26. The maximum Gasteiger partial charge on any atom is 0.337 e. The number of carbonyl (C=O) groups is 1. The first kappa shape index (κ1) is 11.2. The largest absolute Gasteiger partial charge is 0.478 e. The Morgan fingerprint density at radius 2 is 2.56 bits per heavy atom. The highest BCUT2D eigenvalue weighted by atomic mass is 16.5. The third-order valence-electron chi connectivity index (χ3n) is 2.86. The Labute approximate surface area is 94.0 Å². The number of carboxylic acid groups (broad SMARTS) is 1. The number of hydrogen-bond acceptors (Lipinski definition) is 3. The van der Waals surface area contributed by atoms with Crippen molar-refractivity contribution in [1.29, 1.82) is 0 Å². The monoisotopic (exact) mass is 224 g/mol. The van der Waals surface area contributed by atoms with Crippen LogP contribution in [0, 0.1) is 0 Å². The molecule has 1 aromatic heterocycles. The number of aromatic nitrogens is 1. The van der Waals surface area contributed by atoms with E-state index in [1.165, 1.54) is 0 Å². The van der Waals surface area contributed by atoms with Gasteiger partial charge in [0.1, 0.15) is 0 Å². The Balaban J connectivity index is 2.12. The van der Waals surface area contributed by atoms with Crippen molar-refractivity contribution in [2.75, 3.05) is 19.7 Å². The van der Waals surface area contributed by atoms with E-state index in [1.807, 2.05) is 11.6 Å². The molecular weight excluding hydrogens is 208 g/mol. The summed E-state index contributed by atoms with van der Waals surface area (Å²) in [5, 5.41) is 12.3. The van der Waals surface area contributed by atoms with Gasteiger partial charge in [0, 0.05) is 38.4 Å². The number of hydrogen-bond donors (Lipinski definition) is 2. The van der Waals surface area contributed by atoms with Crippen LogP contribution in [0.5, 0.6) is 0 Å². The fourth-order valence-electron chi connectivity index (χ4n) is 1.98. The van der Waals surface area contributed by atoms with Crippen molar-refractivity contribution in [3.63, 3.8) is 0 Å². The van der Waals surface area contributed by atoms with E-state index < -0.39 is 5.97 Å². The van der Waals surface area contributed by atoms with Gasteiger partial charge in [-0.3, -0.25) is 0 Å². The van der Waals surface area contributed by atoms with E-state index in [-0.39, 0.29) is 6.10 Å². The molecule has 0 aliphatic carbocycles. The van der Waals surface area contributed by atoms with E-state index >= 15 is 0 Å². The van der Waals surface area contributed by atoms with Gasteiger partial charge in [-0.25, -0.2) is 4.79 Å². The Hall–Kier alpha value is -1.33. The predicted molar refractivity (Wildman–Crippen MR) is 58.7 cm³/mol. The van der Waals surface area contributed by atoms with Crippen LogP contribution in [-0.4, -0.2) is 41.4 Å². The predicted octanol–water partition coefficient (Wildman–Crippen LogP) is 0.254. The molecule has 0 saturated carbocycles. The summed E-state index contributed by atoms with van der Waals surface area (Å²) >= 11 is 0. The highest BCUT2D eigenvalue weighted by molar-refractivity contribution is 5.89. The second kappa shape index (κ2) is 4.67. The minimum absolute atomic E-state index is 0.0699. The smallest absolute Gasteiger partial charge is 0.337 e. The lowest BCUT2D eigenvalue weighted by Gasteiger charge is -2.24. The average molecular weight is 224 g/mol. The van der Waals surface area contributed by atoms with Crippen molar-refractivity contribution in [3.8, 4) is 0 Å². The van der Waals surface area contributed by atoms with E-state index in [1.54, 1.807) is 12.3 Å². The molecule has 2 heterocycles. The van der Waals surface area contributed by atoms with Gasteiger partial charge in [0.25, 0.3) is 0 Å². The van der Waals surface area contributed by atoms with Crippen LogP contribution in [-0.2, 0) is 18.2 Å². The minimum Gasteiger partial charge on any atom is -0.478 e. The maximum atomic E-state index is 11.0. The van der Waals surface area contributed by atoms with Gasteiger partial charge >= 0.3 is 5.97 Å². The van der Waals surface area contributed by atoms with Crippen molar-refractivity contribution in [1.82, 2.24) is 9.88 Å². The average Bonchev–Trinajstić information content (AvgIpc) is 2.62. The van der Waals surface area contributed by atoms with Crippen LogP contribution in [0.1, 0.15) is 16.1 Å².